The molecule has 0 radical (unpaired) electrons. The van der Waals surface area contributed by atoms with Crippen LogP contribution < -0.4 is 15.8 Å². The number of methoxy groups -OCH3 is 1. The molecule has 1 unspecified atom stereocenters. The first-order valence-electron chi connectivity index (χ1n) is 9.88. The summed E-state index contributed by atoms with van der Waals surface area (Å²) in [7, 11) is 1.60. The fourth-order valence-corrected chi connectivity index (χ4v) is 3.93. The molecular weight excluding hydrogens is 424 g/mol. The highest BCUT2D eigenvalue weighted by Crippen LogP contribution is 2.31. The first kappa shape index (κ1) is 22.8. The summed E-state index contributed by atoms with van der Waals surface area (Å²) >= 11 is 1.25. The van der Waals surface area contributed by atoms with E-state index in [0.717, 1.165) is 11.3 Å². The van der Waals surface area contributed by atoms with Crippen LogP contribution in [0.5, 0.6) is 5.75 Å². The first-order chi connectivity index (χ1) is 15.4. The summed E-state index contributed by atoms with van der Waals surface area (Å²) in [6, 6.07) is 19.5. The standard InChI is InChI=1S/C24H22N4O3S/c1-3-21(23(30)27-18-9-4-16(5-10-18)22(26)29)32-24-17(14-25)8-13-20(28-24)15-6-11-19(31-2)12-7-15/h4-13,21H,3H2,1-2H3,(H2,26,29)(H,27,30). The van der Waals surface area contributed by atoms with Crippen molar-refractivity contribution in [1.82, 2.24) is 4.98 Å². The van der Waals surface area contributed by atoms with Crippen molar-refractivity contribution in [1.29, 1.82) is 5.26 Å². The number of aromatic nitrogens is 1. The number of thioether (sulfide) groups is 1. The number of nitriles is 1. The number of anilines is 1. The van der Waals surface area contributed by atoms with Gasteiger partial charge in [0.2, 0.25) is 11.8 Å². The van der Waals surface area contributed by atoms with E-state index in [1.165, 1.54) is 11.8 Å². The summed E-state index contributed by atoms with van der Waals surface area (Å²) < 4.78 is 5.19. The maximum absolute atomic E-state index is 12.8. The quantitative estimate of drug-likeness (QED) is 0.500. The van der Waals surface area contributed by atoms with Gasteiger partial charge in [-0.15, -0.1) is 0 Å². The highest BCUT2D eigenvalue weighted by atomic mass is 32.2. The highest BCUT2D eigenvalue weighted by Gasteiger charge is 2.21. The van der Waals surface area contributed by atoms with Gasteiger partial charge >= 0.3 is 0 Å². The number of nitrogens with one attached hydrogen (secondary N) is 1. The average molecular weight is 447 g/mol. The number of amides is 2. The Balaban J connectivity index is 1.80. The van der Waals surface area contributed by atoms with Crippen LogP contribution in [0.3, 0.4) is 0 Å². The molecule has 32 heavy (non-hydrogen) atoms. The van der Waals surface area contributed by atoms with Crippen LogP contribution in [0.4, 0.5) is 5.69 Å². The Morgan fingerprint density at radius 3 is 2.38 bits per heavy atom. The monoisotopic (exact) mass is 446 g/mol. The number of benzene rings is 2. The van der Waals surface area contributed by atoms with Gasteiger partial charge in [-0.2, -0.15) is 5.26 Å². The van der Waals surface area contributed by atoms with Crippen molar-refractivity contribution in [3.63, 3.8) is 0 Å². The summed E-state index contributed by atoms with van der Waals surface area (Å²) in [6.45, 7) is 1.90. The smallest absolute Gasteiger partial charge is 0.248 e. The van der Waals surface area contributed by atoms with Crippen molar-refractivity contribution >= 4 is 29.3 Å². The third kappa shape index (κ3) is 5.45. The van der Waals surface area contributed by atoms with Crippen molar-refractivity contribution in [2.24, 2.45) is 5.73 Å². The van der Waals surface area contributed by atoms with E-state index < -0.39 is 11.2 Å². The van der Waals surface area contributed by atoms with Crippen LogP contribution in [0.15, 0.2) is 65.7 Å². The number of hydrogen-bond acceptors (Lipinski definition) is 6. The lowest BCUT2D eigenvalue weighted by Gasteiger charge is -2.16. The number of rotatable bonds is 8. The Labute approximate surface area is 190 Å². The van der Waals surface area contributed by atoms with Crippen molar-refractivity contribution < 1.29 is 14.3 Å². The Bertz CT molecular complexity index is 1160. The van der Waals surface area contributed by atoms with E-state index in [9.17, 15) is 14.9 Å². The largest absolute Gasteiger partial charge is 0.497 e. The zero-order valence-electron chi connectivity index (χ0n) is 17.7. The van der Waals surface area contributed by atoms with Gasteiger partial charge in [0, 0.05) is 16.8 Å². The molecule has 0 aliphatic carbocycles. The van der Waals surface area contributed by atoms with Crippen LogP contribution in [0.1, 0.15) is 29.3 Å². The SMILES string of the molecule is CCC(Sc1nc(-c2ccc(OC)cc2)ccc1C#N)C(=O)Nc1ccc(C(N)=O)cc1. The zero-order valence-corrected chi connectivity index (χ0v) is 18.5. The fraction of sp³-hybridized carbons (Fsp3) is 0.167. The minimum Gasteiger partial charge on any atom is -0.497 e. The lowest BCUT2D eigenvalue weighted by Crippen LogP contribution is -2.25. The van der Waals surface area contributed by atoms with E-state index in [4.69, 9.17) is 10.5 Å². The first-order valence-corrected chi connectivity index (χ1v) is 10.8. The number of carbonyl (C=O) groups excluding carboxylic acids is 2. The average Bonchev–Trinajstić information content (AvgIpc) is 2.82. The van der Waals surface area contributed by atoms with Crippen molar-refractivity contribution in [2.45, 2.75) is 23.6 Å². The number of carbonyl (C=O) groups is 2. The van der Waals surface area contributed by atoms with Gasteiger partial charge in [-0.25, -0.2) is 4.98 Å². The predicted molar refractivity (Wildman–Crippen MR) is 124 cm³/mol. The molecule has 162 valence electrons. The van der Waals surface area contributed by atoms with Crippen LogP contribution in [0.25, 0.3) is 11.3 Å². The molecule has 3 N–H and O–H groups in total. The van der Waals surface area contributed by atoms with Gasteiger partial charge in [-0.05, 0) is 67.1 Å². The molecule has 1 atom stereocenters. The predicted octanol–water partition coefficient (Wildman–Crippen LogP) is 4.24. The van der Waals surface area contributed by atoms with Crippen LogP contribution in [-0.2, 0) is 4.79 Å². The maximum atomic E-state index is 12.8. The molecule has 0 aliphatic rings. The summed E-state index contributed by atoms with van der Waals surface area (Å²) in [6.07, 6.45) is 0.537. The van der Waals surface area contributed by atoms with Crippen molar-refractivity contribution in [3.8, 4) is 23.1 Å². The Morgan fingerprint density at radius 1 is 1.12 bits per heavy atom. The maximum Gasteiger partial charge on any atom is 0.248 e. The zero-order chi connectivity index (χ0) is 23.1. The number of primary amides is 1. The summed E-state index contributed by atoms with van der Waals surface area (Å²) in [4.78, 5) is 28.7. The summed E-state index contributed by atoms with van der Waals surface area (Å²) in [5.74, 6) is -0.00912. The van der Waals surface area contributed by atoms with Crippen LogP contribution in [0.2, 0.25) is 0 Å². The van der Waals surface area contributed by atoms with Gasteiger partial charge < -0.3 is 15.8 Å². The van der Waals surface area contributed by atoms with E-state index in [2.05, 4.69) is 16.4 Å². The topological polar surface area (TPSA) is 118 Å². The molecule has 0 aliphatic heterocycles. The van der Waals surface area contributed by atoms with E-state index in [1.54, 1.807) is 43.5 Å². The molecule has 3 aromatic rings. The molecule has 0 saturated carbocycles. The molecule has 0 bridgehead atoms. The van der Waals surface area contributed by atoms with E-state index in [1.807, 2.05) is 31.2 Å². The molecule has 3 rings (SSSR count). The van der Waals surface area contributed by atoms with Gasteiger partial charge in [0.05, 0.1) is 23.6 Å². The second-order valence-corrected chi connectivity index (χ2v) is 8.03. The molecule has 8 heteroatoms. The fourth-order valence-electron chi connectivity index (χ4n) is 2.94. The number of nitrogens with two attached hydrogens (primary N) is 1. The highest BCUT2D eigenvalue weighted by molar-refractivity contribution is 8.00. The minimum atomic E-state index is -0.531. The second kappa shape index (κ2) is 10.5. The number of hydrogen-bond donors (Lipinski definition) is 2. The van der Waals surface area contributed by atoms with E-state index in [0.29, 0.717) is 34.0 Å². The van der Waals surface area contributed by atoms with Gasteiger partial charge in [0.25, 0.3) is 0 Å². The van der Waals surface area contributed by atoms with E-state index in [-0.39, 0.29) is 5.91 Å². The van der Waals surface area contributed by atoms with Gasteiger partial charge in [0.15, 0.2) is 0 Å². The lowest BCUT2D eigenvalue weighted by molar-refractivity contribution is -0.115. The van der Waals surface area contributed by atoms with Crippen molar-refractivity contribution in [2.75, 3.05) is 12.4 Å². The van der Waals surface area contributed by atoms with Crippen LogP contribution in [-0.4, -0.2) is 29.2 Å². The van der Waals surface area contributed by atoms with E-state index >= 15 is 0 Å². The molecule has 0 saturated heterocycles. The molecule has 7 nitrogen and oxygen atoms in total. The van der Waals surface area contributed by atoms with Gasteiger partial charge in [-0.3, -0.25) is 9.59 Å². The summed E-state index contributed by atoms with van der Waals surface area (Å²) in [5.41, 5.74) is 8.15. The molecule has 0 fully saturated rings. The minimum absolute atomic E-state index is 0.218. The molecule has 0 spiro atoms. The molecule has 1 aromatic heterocycles. The van der Waals surface area contributed by atoms with Gasteiger partial charge in [-0.1, -0.05) is 18.7 Å². The third-order valence-corrected chi connectivity index (χ3v) is 6.09. The molecular formula is C24H22N4O3S. The number of nitrogens with zero attached hydrogens (tertiary/aromatic N) is 2. The Morgan fingerprint density at radius 2 is 1.81 bits per heavy atom. The summed E-state index contributed by atoms with van der Waals surface area (Å²) in [5, 5.41) is 12.4. The Kier molecular flexibility index (Phi) is 7.47. The molecule has 2 aromatic carbocycles. The molecule has 2 amide bonds. The number of pyridine rings is 1. The molecule has 1 heterocycles. The van der Waals surface area contributed by atoms with Crippen LogP contribution in [0, 0.1) is 11.3 Å². The Hall–Kier alpha value is -3.83. The lowest BCUT2D eigenvalue weighted by atomic mass is 10.1. The number of ether oxygens (including phenoxy) is 1. The van der Waals surface area contributed by atoms with Gasteiger partial charge in [0.1, 0.15) is 16.8 Å². The third-order valence-electron chi connectivity index (χ3n) is 4.72. The normalized spacial score (nSPS) is 11.3. The second-order valence-electron chi connectivity index (χ2n) is 6.84. The van der Waals surface area contributed by atoms with Crippen LogP contribution >= 0.6 is 11.8 Å². The van der Waals surface area contributed by atoms with Crippen molar-refractivity contribution in [3.05, 3.63) is 71.8 Å².